The van der Waals surface area contributed by atoms with E-state index in [-0.39, 0.29) is 5.25 Å². The van der Waals surface area contributed by atoms with Gasteiger partial charge >= 0.3 is 0 Å². The van der Waals surface area contributed by atoms with Crippen LogP contribution in [0.25, 0.3) is 11.0 Å². The third-order valence-electron chi connectivity index (χ3n) is 6.81. The van der Waals surface area contributed by atoms with E-state index >= 15 is 0 Å². The second-order valence-corrected chi connectivity index (χ2v) is 11.0. The Morgan fingerprint density at radius 1 is 1.04 bits per heavy atom. The molecule has 2 saturated carbocycles. The van der Waals surface area contributed by atoms with Crippen molar-refractivity contribution in [2.45, 2.75) is 75.5 Å². The fourth-order valence-electron chi connectivity index (χ4n) is 5.08. The van der Waals surface area contributed by atoms with Crippen LogP contribution in [0, 0.1) is 5.92 Å². The summed E-state index contributed by atoms with van der Waals surface area (Å²) in [5.74, 6) is 1.67. The number of fused-ring (bicyclic) bond motifs is 1. The summed E-state index contributed by atoms with van der Waals surface area (Å²) in [6.07, 6.45) is 13.8. The van der Waals surface area contributed by atoms with E-state index in [0.29, 0.717) is 17.7 Å². The lowest BCUT2D eigenvalue weighted by Gasteiger charge is -2.35. The second kappa shape index (κ2) is 8.39. The largest absolute Gasteiger partial charge is 0.356 e. The molecule has 2 aromatic heterocycles. The summed E-state index contributed by atoms with van der Waals surface area (Å²) in [4.78, 5) is 14.2. The molecule has 1 N–H and O–H groups in total. The first-order chi connectivity index (χ1) is 13.5. The van der Waals surface area contributed by atoms with E-state index in [1.165, 1.54) is 12.8 Å². The molecule has 154 valence electrons. The number of nitrogens with zero attached hydrogens (tertiary/aromatic N) is 3. The summed E-state index contributed by atoms with van der Waals surface area (Å²) >= 11 is 0. The number of H-pyrrole nitrogens is 1. The highest BCUT2D eigenvalue weighted by Crippen LogP contribution is 2.33. The highest BCUT2D eigenvalue weighted by molar-refractivity contribution is 7.92. The third kappa shape index (κ3) is 4.19. The van der Waals surface area contributed by atoms with Crippen molar-refractivity contribution >= 4 is 26.7 Å². The van der Waals surface area contributed by atoms with Gasteiger partial charge in [0, 0.05) is 19.3 Å². The quantitative estimate of drug-likeness (QED) is 0.759. The Bertz CT molecular complexity index is 879. The maximum absolute atomic E-state index is 12.9. The second-order valence-electron chi connectivity index (χ2n) is 8.67. The number of aromatic amines is 1. The van der Waals surface area contributed by atoms with Gasteiger partial charge in [-0.2, -0.15) is 0 Å². The molecule has 0 amide bonds. The number of aromatic nitrogens is 3. The Labute approximate surface area is 168 Å². The summed E-state index contributed by atoms with van der Waals surface area (Å²) in [6.45, 7) is 0. The number of hydrogen-bond donors (Lipinski definition) is 1. The highest BCUT2D eigenvalue weighted by Gasteiger charge is 2.32. The van der Waals surface area contributed by atoms with Crippen molar-refractivity contribution in [1.82, 2.24) is 15.0 Å². The Morgan fingerprint density at radius 2 is 1.75 bits per heavy atom. The van der Waals surface area contributed by atoms with Crippen molar-refractivity contribution in [2.75, 3.05) is 17.7 Å². The van der Waals surface area contributed by atoms with Gasteiger partial charge in [0.05, 0.1) is 16.4 Å². The lowest BCUT2D eigenvalue weighted by molar-refractivity contribution is 0.340. The van der Waals surface area contributed by atoms with E-state index in [9.17, 15) is 8.42 Å². The van der Waals surface area contributed by atoms with Gasteiger partial charge in [-0.3, -0.25) is 0 Å². The van der Waals surface area contributed by atoms with Crippen molar-refractivity contribution in [3.63, 3.8) is 0 Å². The van der Waals surface area contributed by atoms with Crippen molar-refractivity contribution in [3.05, 3.63) is 18.6 Å². The molecule has 0 aliphatic heterocycles. The van der Waals surface area contributed by atoms with Crippen molar-refractivity contribution in [1.29, 1.82) is 0 Å². The smallest absolute Gasteiger partial charge is 0.153 e. The molecule has 0 bridgehead atoms. The molecule has 4 rings (SSSR count). The molecule has 0 unspecified atom stereocenters. The molecule has 2 aromatic rings. The van der Waals surface area contributed by atoms with E-state index in [2.05, 4.69) is 26.9 Å². The third-order valence-corrected chi connectivity index (χ3v) is 9.23. The fraction of sp³-hybridized carbons (Fsp3) is 0.714. The Hall–Kier alpha value is -1.63. The molecule has 2 aliphatic carbocycles. The molecule has 0 aromatic carbocycles. The van der Waals surface area contributed by atoms with E-state index in [4.69, 9.17) is 0 Å². The summed E-state index contributed by atoms with van der Waals surface area (Å²) in [6, 6.07) is 2.43. The Morgan fingerprint density at radius 3 is 2.46 bits per heavy atom. The van der Waals surface area contributed by atoms with Crippen molar-refractivity contribution < 1.29 is 8.42 Å². The zero-order valence-corrected chi connectivity index (χ0v) is 17.6. The number of anilines is 1. The van der Waals surface area contributed by atoms with Crippen molar-refractivity contribution in [3.8, 4) is 0 Å². The van der Waals surface area contributed by atoms with Crippen LogP contribution in [0.2, 0.25) is 0 Å². The van der Waals surface area contributed by atoms with Gasteiger partial charge in [-0.15, -0.1) is 0 Å². The standard InChI is InChI=1S/C21H32N4O2S/c1-25(21-19-12-13-22-20(19)23-15-24-21)17-10-8-16(9-11-17)14-28(26,27)18-6-4-2-3-5-7-18/h12-13,15-18H,2-11,14H2,1H3,(H,22,23,24). The molecule has 2 aliphatic rings. The van der Waals surface area contributed by atoms with Gasteiger partial charge in [0.15, 0.2) is 9.84 Å². The van der Waals surface area contributed by atoms with Crippen LogP contribution in [0.1, 0.15) is 64.2 Å². The first-order valence-electron chi connectivity index (χ1n) is 10.8. The van der Waals surface area contributed by atoms with Gasteiger partial charge in [0.25, 0.3) is 0 Å². The zero-order chi connectivity index (χ0) is 19.6. The van der Waals surface area contributed by atoms with E-state index in [1.807, 2.05) is 12.3 Å². The van der Waals surface area contributed by atoms with Crippen LogP contribution >= 0.6 is 0 Å². The van der Waals surface area contributed by atoms with Gasteiger partial charge in [0.1, 0.15) is 17.8 Å². The fourth-order valence-corrected chi connectivity index (χ4v) is 7.39. The first kappa shape index (κ1) is 19.7. The maximum Gasteiger partial charge on any atom is 0.153 e. The number of nitrogens with one attached hydrogen (secondary N) is 1. The molecule has 6 nitrogen and oxygen atoms in total. The van der Waals surface area contributed by atoms with Crippen LogP contribution in [0.5, 0.6) is 0 Å². The molecule has 7 heteroatoms. The lowest BCUT2D eigenvalue weighted by Crippen LogP contribution is -2.37. The average molecular weight is 405 g/mol. The van der Waals surface area contributed by atoms with Gasteiger partial charge in [-0.1, -0.05) is 25.7 Å². The molecule has 0 radical (unpaired) electrons. The summed E-state index contributed by atoms with van der Waals surface area (Å²) in [5, 5.41) is 0.960. The predicted molar refractivity (Wildman–Crippen MR) is 113 cm³/mol. The van der Waals surface area contributed by atoms with Crippen LogP contribution in [0.3, 0.4) is 0 Å². The lowest BCUT2D eigenvalue weighted by atomic mass is 9.86. The molecular formula is C21H32N4O2S. The zero-order valence-electron chi connectivity index (χ0n) is 16.8. The summed E-state index contributed by atoms with van der Waals surface area (Å²) in [7, 11) is -0.857. The van der Waals surface area contributed by atoms with Gasteiger partial charge in [0.2, 0.25) is 0 Å². The SMILES string of the molecule is CN(c1ncnc2[nH]ccc12)C1CCC(CS(=O)(=O)C2CCCCCC2)CC1. The van der Waals surface area contributed by atoms with Gasteiger partial charge in [-0.25, -0.2) is 18.4 Å². The number of rotatable bonds is 5. The minimum absolute atomic E-state index is 0.0849. The van der Waals surface area contributed by atoms with Crippen molar-refractivity contribution in [2.24, 2.45) is 5.92 Å². The maximum atomic E-state index is 12.9. The number of hydrogen-bond acceptors (Lipinski definition) is 5. The van der Waals surface area contributed by atoms with Crippen LogP contribution in [0.4, 0.5) is 5.82 Å². The topological polar surface area (TPSA) is 79.0 Å². The molecule has 2 fully saturated rings. The van der Waals surface area contributed by atoms with E-state index in [1.54, 1.807) is 6.33 Å². The molecule has 2 heterocycles. The van der Waals surface area contributed by atoms with Crippen LogP contribution in [0.15, 0.2) is 18.6 Å². The molecule has 0 spiro atoms. The minimum atomic E-state index is -2.96. The monoisotopic (exact) mass is 404 g/mol. The Kier molecular flexibility index (Phi) is 5.90. The predicted octanol–water partition coefficient (Wildman–Crippen LogP) is 4.09. The van der Waals surface area contributed by atoms with E-state index in [0.717, 1.165) is 68.2 Å². The highest BCUT2D eigenvalue weighted by atomic mass is 32.2. The molecule has 28 heavy (non-hydrogen) atoms. The minimum Gasteiger partial charge on any atom is -0.356 e. The first-order valence-corrected chi connectivity index (χ1v) is 12.5. The molecule has 0 saturated heterocycles. The van der Waals surface area contributed by atoms with E-state index < -0.39 is 9.84 Å². The van der Waals surface area contributed by atoms with Gasteiger partial charge in [-0.05, 0) is 50.5 Å². The molecule has 0 atom stereocenters. The van der Waals surface area contributed by atoms with Crippen LogP contribution in [-0.2, 0) is 9.84 Å². The average Bonchev–Trinajstić information content (AvgIpc) is 3.00. The van der Waals surface area contributed by atoms with Gasteiger partial charge < -0.3 is 9.88 Å². The summed E-state index contributed by atoms with van der Waals surface area (Å²) < 4.78 is 25.9. The number of sulfone groups is 1. The van der Waals surface area contributed by atoms with Crippen LogP contribution in [-0.4, -0.2) is 47.5 Å². The van der Waals surface area contributed by atoms with Crippen LogP contribution < -0.4 is 4.90 Å². The Balaban J connectivity index is 1.36. The summed E-state index contributed by atoms with van der Waals surface area (Å²) in [5.41, 5.74) is 0.861. The normalized spacial score (nSPS) is 24.9. The molecular weight excluding hydrogens is 372 g/mol.